The van der Waals surface area contributed by atoms with Crippen molar-refractivity contribution in [1.29, 1.82) is 0 Å². The summed E-state index contributed by atoms with van der Waals surface area (Å²) in [6, 6.07) is 13.3. The van der Waals surface area contributed by atoms with Gasteiger partial charge in [-0.1, -0.05) is 84.0 Å². The Morgan fingerprint density at radius 2 is 1.38 bits per heavy atom. The molecule has 0 aliphatic rings. The highest BCUT2D eigenvalue weighted by atomic mass is 14.3. The summed E-state index contributed by atoms with van der Waals surface area (Å²) in [6.07, 6.45) is 2.43. The van der Waals surface area contributed by atoms with Gasteiger partial charge in [-0.2, -0.15) is 0 Å². The standard InChI is InChI=1S/C21H28/c1-15-12-13-18(17-11-9-8-10-16(15)17)19(21(5,6)7)14-20(2,3)4/h8-14H,1-7H3. The molecule has 0 fully saturated rings. The van der Waals surface area contributed by atoms with Crippen LogP contribution < -0.4 is 0 Å². The van der Waals surface area contributed by atoms with Crippen LogP contribution in [0.25, 0.3) is 16.3 Å². The fourth-order valence-electron chi connectivity index (χ4n) is 2.82. The van der Waals surface area contributed by atoms with E-state index in [9.17, 15) is 0 Å². The predicted octanol–water partition coefficient (Wildman–Crippen LogP) is 6.62. The first-order valence-corrected chi connectivity index (χ1v) is 7.82. The highest BCUT2D eigenvalue weighted by molar-refractivity contribution is 5.96. The Labute approximate surface area is 129 Å². The van der Waals surface area contributed by atoms with Gasteiger partial charge in [-0.25, -0.2) is 0 Å². The molecule has 0 aliphatic carbocycles. The maximum Gasteiger partial charge on any atom is -0.0106 e. The van der Waals surface area contributed by atoms with Gasteiger partial charge in [0.15, 0.2) is 0 Å². The molecule has 0 aliphatic heterocycles. The van der Waals surface area contributed by atoms with Gasteiger partial charge in [0.05, 0.1) is 0 Å². The number of fused-ring (bicyclic) bond motifs is 1. The van der Waals surface area contributed by atoms with Crippen LogP contribution in [-0.2, 0) is 0 Å². The van der Waals surface area contributed by atoms with E-state index in [-0.39, 0.29) is 10.8 Å². The van der Waals surface area contributed by atoms with Crippen molar-refractivity contribution in [1.82, 2.24) is 0 Å². The third kappa shape index (κ3) is 3.56. The van der Waals surface area contributed by atoms with Crippen molar-refractivity contribution in [3.8, 4) is 0 Å². The molecule has 0 radical (unpaired) electrons. The minimum atomic E-state index is 0.130. The topological polar surface area (TPSA) is 0 Å². The Kier molecular flexibility index (Phi) is 4.02. The van der Waals surface area contributed by atoms with Crippen molar-refractivity contribution < 1.29 is 0 Å². The first-order chi connectivity index (χ1) is 9.59. The molecule has 0 heterocycles. The molecular weight excluding hydrogens is 252 g/mol. The molecule has 2 rings (SSSR count). The van der Waals surface area contributed by atoms with E-state index in [0.717, 1.165) is 0 Å². The highest BCUT2D eigenvalue weighted by Gasteiger charge is 2.23. The summed E-state index contributed by atoms with van der Waals surface area (Å²) in [6.45, 7) is 15.9. The van der Waals surface area contributed by atoms with Crippen molar-refractivity contribution in [3.63, 3.8) is 0 Å². The first kappa shape index (κ1) is 15.8. The molecule has 0 saturated carbocycles. The summed E-state index contributed by atoms with van der Waals surface area (Å²) in [5.74, 6) is 0. The number of hydrogen-bond acceptors (Lipinski definition) is 0. The summed E-state index contributed by atoms with van der Waals surface area (Å²) < 4.78 is 0. The molecule has 0 N–H and O–H groups in total. The Morgan fingerprint density at radius 1 is 0.810 bits per heavy atom. The number of benzene rings is 2. The van der Waals surface area contributed by atoms with E-state index in [0.29, 0.717) is 0 Å². The van der Waals surface area contributed by atoms with Gasteiger partial charge in [0.1, 0.15) is 0 Å². The Morgan fingerprint density at radius 3 is 1.90 bits per heavy atom. The van der Waals surface area contributed by atoms with E-state index in [1.165, 1.54) is 27.5 Å². The van der Waals surface area contributed by atoms with Gasteiger partial charge in [0, 0.05) is 0 Å². The summed E-state index contributed by atoms with van der Waals surface area (Å²) in [5.41, 5.74) is 4.46. The molecule has 0 bridgehead atoms. The molecule has 112 valence electrons. The molecule has 2 aromatic rings. The van der Waals surface area contributed by atoms with Crippen molar-refractivity contribution in [2.45, 2.75) is 48.5 Å². The summed E-state index contributed by atoms with van der Waals surface area (Å²) in [4.78, 5) is 0. The minimum Gasteiger partial charge on any atom is -0.0748 e. The lowest BCUT2D eigenvalue weighted by Crippen LogP contribution is -2.13. The molecule has 21 heavy (non-hydrogen) atoms. The average molecular weight is 280 g/mol. The van der Waals surface area contributed by atoms with Crippen LogP contribution in [-0.4, -0.2) is 0 Å². The van der Waals surface area contributed by atoms with Crippen LogP contribution in [0.15, 0.2) is 42.5 Å². The summed E-state index contributed by atoms with van der Waals surface area (Å²) in [7, 11) is 0. The molecule has 0 heteroatoms. The van der Waals surface area contributed by atoms with E-state index >= 15 is 0 Å². The zero-order valence-electron chi connectivity index (χ0n) is 14.5. The minimum absolute atomic E-state index is 0.130. The fourth-order valence-corrected chi connectivity index (χ4v) is 2.82. The van der Waals surface area contributed by atoms with Crippen LogP contribution in [0.5, 0.6) is 0 Å². The molecule has 0 unspecified atom stereocenters. The maximum absolute atomic E-state index is 2.43. The highest BCUT2D eigenvalue weighted by Crippen LogP contribution is 2.40. The average Bonchev–Trinajstić information content (AvgIpc) is 2.35. The summed E-state index contributed by atoms with van der Waals surface area (Å²) in [5, 5.41) is 2.72. The van der Waals surface area contributed by atoms with Crippen molar-refractivity contribution in [3.05, 3.63) is 53.6 Å². The smallest absolute Gasteiger partial charge is 0.0106 e. The van der Waals surface area contributed by atoms with Crippen LogP contribution in [0.2, 0.25) is 0 Å². The number of aryl methyl sites for hydroxylation is 1. The van der Waals surface area contributed by atoms with E-state index in [4.69, 9.17) is 0 Å². The zero-order chi connectivity index (χ0) is 15.8. The monoisotopic (exact) mass is 280 g/mol. The predicted molar refractivity (Wildman–Crippen MR) is 95.6 cm³/mol. The van der Waals surface area contributed by atoms with Gasteiger partial charge in [-0.3, -0.25) is 0 Å². The zero-order valence-corrected chi connectivity index (χ0v) is 14.5. The fraction of sp³-hybridized carbons (Fsp3) is 0.429. The number of allylic oxidation sites excluding steroid dienone is 2. The van der Waals surface area contributed by atoms with Crippen LogP contribution in [0, 0.1) is 17.8 Å². The van der Waals surface area contributed by atoms with Gasteiger partial charge in [0.2, 0.25) is 0 Å². The Bertz CT molecular complexity index is 673. The molecule has 0 atom stereocenters. The van der Waals surface area contributed by atoms with E-state index in [1.54, 1.807) is 0 Å². The van der Waals surface area contributed by atoms with E-state index in [1.807, 2.05) is 0 Å². The van der Waals surface area contributed by atoms with Crippen molar-refractivity contribution >= 4 is 16.3 Å². The van der Waals surface area contributed by atoms with Gasteiger partial charge >= 0.3 is 0 Å². The second-order valence-electron chi connectivity index (χ2n) is 8.15. The normalized spacial score (nSPS) is 13.8. The third-order valence-electron chi connectivity index (χ3n) is 3.82. The lowest BCUT2D eigenvalue weighted by molar-refractivity contribution is 0.518. The van der Waals surface area contributed by atoms with Crippen molar-refractivity contribution in [2.24, 2.45) is 10.8 Å². The van der Waals surface area contributed by atoms with E-state index < -0.39 is 0 Å². The van der Waals surface area contributed by atoms with Gasteiger partial charge < -0.3 is 0 Å². The molecule has 2 aromatic carbocycles. The van der Waals surface area contributed by atoms with Crippen molar-refractivity contribution in [2.75, 3.05) is 0 Å². The number of hydrogen-bond donors (Lipinski definition) is 0. The maximum atomic E-state index is 2.43. The largest absolute Gasteiger partial charge is 0.0748 e. The van der Waals surface area contributed by atoms with Gasteiger partial charge in [0.25, 0.3) is 0 Å². The van der Waals surface area contributed by atoms with Crippen LogP contribution in [0.4, 0.5) is 0 Å². The molecule has 0 aromatic heterocycles. The van der Waals surface area contributed by atoms with Crippen LogP contribution in [0.1, 0.15) is 52.7 Å². The molecule has 0 amide bonds. The molecule has 0 saturated heterocycles. The second-order valence-corrected chi connectivity index (χ2v) is 8.15. The Balaban J connectivity index is 2.79. The van der Waals surface area contributed by atoms with Crippen LogP contribution in [0.3, 0.4) is 0 Å². The Hall–Kier alpha value is -1.56. The SMILES string of the molecule is Cc1ccc(C(=CC(C)(C)C)C(C)(C)C)c2ccccc12. The first-order valence-electron chi connectivity index (χ1n) is 7.82. The molecule has 0 nitrogen and oxygen atoms in total. The van der Waals surface area contributed by atoms with E-state index in [2.05, 4.69) is 90.9 Å². The lowest BCUT2D eigenvalue weighted by atomic mass is 9.76. The quantitative estimate of drug-likeness (QED) is 0.550. The second kappa shape index (κ2) is 5.33. The van der Waals surface area contributed by atoms with Gasteiger partial charge in [-0.15, -0.1) is 0 Å². The van der Waals surface area contributed by atoms with Crippen LogP contribution >= 0.6 is 0 Å². The lowest BCUT2D eigenvalue weighted by Gasteiger charge is -2.28. The number of rotatable bonds is 1. The summed E-state index contributed by atoms with van der Waals surface area (Å²) >= 11 is 0. The molecule has 0 spiro atoms. The third-order valence-corrected chi connectivity index (χ3v) is 3.82. The molecular formula is C21H28. The van der Waals surface area contributed by atoms with Gasteiger partial charge in [-0.05, 0) is 45.2 Å².